The van der Waals surface area contributed by atoms with E-state index in [0.717, 1.165) is 9.79 Å². The first kappa shape index (κ1) is 15.0. The molecule has 0 nitrogen and oxygen atoms in total. The van der Waals surface area contributed by atoms with E-state index < -0.39 is 0 Å². The van der Waals surface area contributed by atoms with E-state index in [-0.39, 0.29) is 0 Å². The number of benzene rings is 4. The van der Waals surface area contributed by atoms with E-state index in [1.807, 2.05) is 36.4 Å². The Bertz CT molecular complexity index is 836. The maximum Gasteiger partial charge on any atom is 0.00463 e. The lowest BCUT2D eigenvalue weighted by Crippen LogP contribution is -1.70. The fourth-order valence-corrected chi connectivity index (χ4v) is 2.78. The van der Waals surface area contributed by atoms with Gasteiger partial charge in [0, 0.05) is 9.79 Å². The Morgan fingerprint density at radius 2 is 0.773 bits per heavy atom. The molecule has 0 atom stereocenters. The van der Waals surface area contributed by atoms with Crippen molar-refractivity contribution in [3.8, 4) is 0 Å². The summed E-state index contributed by atoms with van der Waals surface area (Å²) in [5.74, 6) is 0. The van der Waals surface area contributed by atoms with Gasteiger partial charge in [-0.2, -0.15) is 0 Å². The van der Waals surface area contributed by atoms with Gasteiger partial charge in [0.25, 0.3) is 0 Å². The molecule has 22 heavy (non-hydrogen) atoms. The standard InChI is InChI=1S/2C10H8S/c2*11-10-6-5-8-3-1-2-4-9(8)7-10/h2*1-7,11H. The van der Waals surface area contributed by atoms with E-state index >= 15 is 0 Å². The summed E-state index contributed by atoms with van der Waals surface area (Å²) >= 11 is 8.52. The summed E-state index contributed by atoms with van der Waals surface area (Å²) < 4.78 is 0. The van der Waals surface area contributed by atoms with Crippen molar-refractivity contribution in [2.24, 2.45) is 0 Å². The number of fused-ring (bicyclic) bond motifs is 2. The smallest absolute Gasteiger partial charge is 0.00463 e. The number of hydrogen-bond donors (Lipinski definition) is 2. The monoisotopic (exact) mass is 320 g/mol. The maximum absolute atomic E-state index is 4.26. The first-order valence-corrected chi connectivity index (χ1v) is 7.97. The van der Waals surface area contributed by atoms with E-state index in [4.69, 9.17) is 0 Å². The molecule has 2 heteroatoms. The fraction of sp³-hybridized carbons (Fsp3) is 0. The molecule has 4 aromatic carbocycles. The second-order valence-corrected chi connectivity index (χ2v) is 6.10. The van der Waals surface area contributed by atoms with Crippen LogP contribution < -0.4 is 0 Å². The van der Waals surface area contributed by atoms with Crippen LogP contribution in [-0.2, 0) is 0 Å². The zero-order valence-electron chi connectivity index (χ0n) is 12.0. The van der Waals surface area contributed by atoms with E-state index in [0.29, 0.717) is 0 Å². The molecule has 0 heterocycles. The van der Waals surface area contributed by atoms with Crippen LogP contribution in [0.25, 0.3) is 21.5 Å². The zero-order chi connectivity index (χ0) is 15.4. The van der Waals surface area contributed by atoms with Gasteiger partial charge in [0.15, 0.2) is 0 Å². The molecule has 0 aromatic heterocycles. The van der Waals surface area contributed by atoms with Crippen LogP contribution in [0.3, 0.4) is 0 Å². The van der Waals surface area contributed by atoms with Crippen LogP contribution in [0.5, 0.6) is 0 Å². The van der Waals surface area contributed by atoms with Crippen molar-refractivity contribution >= 4 is 46.8 Å². The Balaban J connectivity index is 0.000000131. The van der Waals surface area contributed by atoms with Crippen LogP contribution in [0.1, 0.15) is 0 Å². The van der Waals surface area contributed by atoms with Gasteiger partial charge in [0.05, 0.1) is 0 Å². The van der Waals surface area contributed by atoms with Crippen LogP contribution in [-0.4, -0.2) is 0 Å². The Morgan fingerprint density at radius 3 is 1.18 bits per heavy atom. The predicted octanol–water partition coefficient (Wildman–Crippen LogP) is 6.26. The third kappa shape index (κ3) is 3.65. The molecule has 0 saturated heterocycles. The molecular formula is C20H16S2. The Kier molecular flexibility index (Phi) is 4.71. The van der Waals surface area contributed by atoms with Gasteiger partial charge >= 0.3 is 0 Å². The Labute approximate surface area is 141 Å². The minimum atomic E-state index is 1.02. The molecule has 0 aliphatic heterocycles. The Hall–Kier alpha value is -1.90. The second kappa shape index (κ2) is 6.91. The maximum atomic E-state index is 4.26. The molecule has 0 aliphatic carbocycles. The van der Waals surface area contributed by atoms with E-state index in [9.17, 15) is 0 Å². The summed E-state index contributed by atoms with van der Waals surface area (Å²) in [6.45, 7) is 0. The van der Waals surface area contributed by atoms with Gasteiger partial charge in [-0.05, 0) is 45.8 Å². The molecule has 0 spiro atoms. The van der Waals surface area contributed by atoms with Crippen molar-refractivity contribution in [2.45, 2.75) is 9.79 Å². The average molecular weight is 320 g/mol. The topological polar surface area (TPSA) is 0 Å². The quantitative estimate of drug-likeness (QED) is 0.351. The molecule has 4 rings (SSSR count). The molecular weight excluding hydrogens is 304 g/mol. The largest absolute Gasteiger partial charge is 0.143 e. The van der Waals surface area contributed by atoms with Gasteiger partial charge < -0.3 is 0 Å². The van der Waals surface area contributed by atoms with Crippen LogP contribution in [0, 0.1) is 0 Å². The van der Waals surface area contributed by atoms with Gasteiger partial charge in [0.2, 0.25) is 0 Å². The van der Waals surface area contributed by atoms with Crippen molar-refractivity contribution in [1.29, 1.82) is 0 Å². The van der Waals surface area contributed by atoms with Crippen molar-refractivity contribution in [3.05, 3.63) is 84.9 Å². The van der Waals surface area contributed by atoms with Gasteiger partial charge in [-0.15, -0.1) is 25.3 Å². The second-order valence-electron chi connectivity index (χ2n) is 5.06. The molecule has 0 N–H and O–H groups in total. The summed E-state index contributed by atoms with van der Waals surface area (Å²) in [5.41, 5.74) is 0. The van der Waals surface area contributed by atoms with Crippen molar-refractivity contribution in [1.82, 2.24) is 0 Å². The number of rotatable bonds is 0. The third-order valence-corrected chi connectivity index (χ3v) is 4.02. The highest BCUT2D eigenvalue weighted by Gasteiger charge is 1.91. The summed E-state index contributed by atoms with van der Waals surface area (Å²) in [6.07, 6.45) is 0. The summed E-state index contributed by atoms with van der Waals surface area (Å²) in [4.78, 5) is 2.03. The molecule has 4 aromatic rings. The predicted molar refractivity (Wildman–Crippen MR) is 102 cm³/mol. The SMILES string of the molecule is Sc1ccc2ccccc2c1.Sc1ccc2ccccc2c1. The molecule has 0 aliphatic rings. The van der Waals surface area contributed by atoms with Crippen LogP contribution in [0.2, 0.25) is 0 Å². The lowest BCUT2D eigenvalue weighted by atomic mass is 10.1. The summed E-state index contributed by atoms with van der Waals surface area (Å²) in [6, 6.07) is 28.9. The van der Waals surface area contributed by atoms with Gasteiger partial charge in [-0.1, -0.05) is 60.7 Å². The molecule has 0 radical (unpaired) electrons. The molecule has 0 unspecified atom stereocenters. The average Bonchev–Trinajstić information content (AvgIpc) is 2.55. The molecule has 0 fully saturated rings. The van der Waals surface area contributed by atoms with Crippen LogP contribution >= 0.6 is 25.3 Å². The van der Waals surface area contributed by atoms with Gasteiger partial charge in [-0.3, -0.25) is 0 Å². The lowest BCUT2D eigenvalue weighted by Gasteiger charge is -1.96. The minimum Gasteiger partial charge on any atom is -0.143 e. The van der Waals surface area contributed by atoms with Crippen molar-refractivity contribution in [3.63, 3.8) is 0 Å². The van der Waals surface area contributed by atoms with Gasteiger partial charge in [-0.25, -0.2) is 0 Å². The lowest BCUT2D eigenvalue weighted by molar-refractivity contribution is 1.53. The normalized spacial score (nSPS) is 10.3. The van der Waals surface area contributed by atoms with Crippen molar-refractivity contribution in [2.75, 3.05) is 0 Å². The highest BCUT2D eigenvalue weighted by Crippen LogP contribution is 2.18. The number of hydrogen-bond acceptors (Lipinski definition) is 2. The number of thiol groups is 2. The zero-order valence-corrected chi connectivity index (χ0v) is 13.8. The van der Waals surface area contributed by atoms with E-state index in [1.54, 1.807) is 0 Å². The van der Waals surface area contributed by atoms with Crippen molar-refractivity contribution < 1.29 is 0 Å². The molecule has 108 valence electrons. The minimum absolute atomic E-state index is 1.02. The van der Waals surface area contributed by atoms with E-state index in [2.05, 4.69) is 73.8 Å². The van der Waals surface area contributed by atoms with E-state index in [1.165, 1.54) is 21.5 Å². The van der Waals surface area contributed by atoms with Crippen LogP contribution in [0.4, 0.5) is 0 Å². The molecule has 0 bridgehead atoms. The highest BCUT2D eigenvalue weighted by molar-refractivity contribution is 7.80. The summed E-state index contributed by atoms with van der Waals surface area (Å²) in [7, 11) is 0. The van der Waals surface area contributed by atoms with Gasteiger partial charge in [0.1, 0.15) is 0 Å². The summed E-state index contributed by atoms with van der Waals surface area (Å²) in [5, 5.41) is 5.04. The third-order valence-electron chi connectivity index (χ3n) is 3.47. The first-order chi connectivity index (χ1) is 10.7. The molecule has 0 amide bonds. The Morgan fingerprint density at radius 1 is 0.409 bits per heavy atom. The fourth-order valence-electron chi connectivity index (χ4n) is 2.35. The highest BCUT2D eigenvalue weighted by atomic mass is 32.1. The molecule has 0 saturated carbocycles. The first-order valence-electron chi connectivity index (χ1n) is 7.08. The van der Waals surface area contributed by atoms with Crippen LogP contribution in [0.15, 0.2) is 94.7 Å².